The number of aliphatic imine (C=N–C) groups is 1. The van der Waals surface area contributed by atoms with Gasteiger partial charge in [-0.05, 0) is 42.7 Å². The summed E-state index contributed by atoms with van der Waals surface area (Å²) in [6.45, 7) is 2.86. The van der Waals surface area contributed by atoms with Crippen molar-refractivity contribution in [1.29, 1.82) is 0 Å². The Hall–Kier alpha value is -1.74. The number of nitrogens with zero attached hydrogens (tertiary/aromatic N) is 2. The van der Waals surface area contributed by atoms with Crippen LogP contribution in [0.3, 0.4) is 0 Å². The van der Waals surface area contributed by atoms with Gasteiger partial charge in [-0.3, -0.25) is 4.99 Å². The molecule has 7 heteroatoms. The third-order valence-electron chi connectivity index (χ3n) is 3.96. The molecule has 2 aromatic rings. The quantitative estimate of drug-likeness (QED) is 0.234. The van der Waals surface area contributed by atoms with E-state index < -0.39 is 0 Å². The summed E-state index contributed by atoms with van der Waals surface area (Å²) in [5.74, 6) is 1.68. The molecule has 0 bridgehead atoms. The van der Waals surface area contributed by atoms with Crippen LogP contribution in [0.1, 0.15) is 17.7 Å². The van der Waals surface area contributed by atoms with Crippen LogP contribution in [0, 0.1) is 0 Å². The molecule has 0 amide bonds. The average Bonchev–Trinajstić information content (AvgIpc) is 3.17. The maximum Gasteiger partial charge on any atom is 0.190 e. The monoisotopic (exact) mass is 486 g/mol. The molecule has 0 spiro atoms. The van der Waals surface area contributed by atoms with E-state index in [-0.39, 0.29) is 24.0 Å². The van der Waals surface area contributed by atoms with E-state index in [9.17, 15) is 0 Å². The van der Waals surface area contributed by atoms with Crippen molar-refractivity contribution in [2.75, 3.05) is 45.7 Å². The lowest BCUT2D eigenvalue weighted by Crippen LogP contribution is -2.39. The number of rotatable bonds is 10. The highest BCUT2D eigenvalue weighted by atomic mass is 127. The molecule has 0 unspecified atom stereocenters. The molecule has 0 aliphatic rings. The van der Waals surface area contributed by atoms with Crippen LogP contribution in [-0.4, -0.2) is 46.8 Å². The average molecular weight is 486 g/mol. The molecule has 1 aromatic carbocycles. The van der Waals surface area contributed by atoms with Crippen LogP contribution in [0.4, 0.5) is 5.69 Å². The molecule has 27 heavy (non-hydrogen) atoms. The zero-order chi connectivity index (χ0) is 18.6. The molecule has 150 valence electrons. The van der Waals surface area contributed by atoms with Gasteiger partial charge in [-0.1, -0.05) is 12.1 Å². The van der Waals surface area contributed by atoms with Crippen LogP contribution in [0.2, 0.25) is 0 Å². The number of halogens is 1. The number of hydrogen-bond acceptors (Lipinski definition) is 4. The minimum Gasteiger partial charge on any atom is -0.467 e. The second-order valence-electron chi connectivity index (χ2n) is 6.22. The molecule has 1 heterocycles. The number of hydrogen-bond donors (Lipinski definition) is 2. The van der Waals surface area contributed by atoms with Gasteiger partial charge in [0.2, 0.25) is 0 Å². The van der Waals surface area contributed by atoms with E-state index in [1.165, 1.54) is 11.3 Å². The van der Waals surface area contributed by atoms with Crippen molar-refractivity contribution in [2.24, 2.45) is 4.99 Å². The molecular weight excluding hydrogens is 455 g/mol. The Labute approximate surface area is 179 Å². The molecule has 6 nitrogen and oxygen atoms in total. The van der Waals surface area contributed by atoms with Crippen molar-refractivity contribution < 1.29 is 9.15 Å². The molecule has 0 aliphatic carbocycles. The summed E-state index contributed by atoms with van der Waals surface area (Å²) in [6.07, 6.45) is 3.53. The zero-order valence-electron chi connectivity index (χ0n) is 16.4. The van der Waals surface area contributed by atoms with Gasteiger partial charge in [0.05, 0.1) is 6.26 Å². The SMILES string of the molecule is CN=C(NCCCOCc1ccco1)NCCc1ccc(N(C)C)cc1.I. The summed E-state index contributed by atoms with van der Waals surface area (Å²) in [6, 6.07) is 12.4. The summed E-state index contributed by atoms with van der Waals surface area (Å²) < 4.78 is 10.8. The van der Waals surface area contributed by atoms with Crippen molar-refractivity contribution in [3.63, 3.8) is 0 Å². The van der Waals surface area contributed by atoms with Gasteiger partial charge in [-0.25, -0.2) is 0 Å². The fourth-order valence-corrected chi connectivity index (χ4v) is 2.46. The van der Waals surface area contributed by atoms with E-state index in [0.717, 1.165) is 37.7 Å². The molecule has 2 N–H and O–H groups in total. The predicted molar refractivity (Wildman–Crippen MR) is 122 cm³/mol. The molecule has 0 saturated carbocycles. The largest absolute Gasteiger partial charge is 0.467 e. The van der Waals surface area contributed by atoms with Crippen LogP contribution in [0.25, 0.3) is 0 Å². The van der Waals surface area contributed by atoms with E-state index in [1.54, 1.807) is 13.3 Å². The van der Waals surface area contributed by atoms with Crippen LogP contribution in [0.5, 0.6) is 0 Å². The molecule has 1 aromatic heterocycles. The minimum absolute atomic E-state index is 0. The van der Waals surface area contributed by atoms with E-state index in [4.69, 9.17) is 9.15 Å². The van der Waals surface area contributed by atoms with Crippen LogP contribution in [-0.2, 0) is 17.8 Å². The third kappa shape index (κ3) is 9.14. The van der Waals surface area contributed by atoms with E-state index in [2.05, 4.69) is 44.8 Å². The zero-order valence-corrected chi connectivity index (χ0v) is 18.7. The highest BCUT2D eigenvalue weighted by molar-refractivity contribution is 14.0. The van der Waals surface area contributed by atoms with E-state index in [1.807, 2.05) is 26.2 Å². The second kappa shape index (κ2) is 13.4. The summed E-state index contributed by atoms with van der Waals surface area (Å²) in [4.78, 5) is 6.35. The number of anilines is 1. The van der Waals surface area contributed by atoms with Crippen molar-refractivity contribution in [1.82, 2.24) is 10.6 Å². The molecule has 0 atom stereocenters. The van der Waals surface area contributed by atoms with Crippen molar-refractivity contribution in [3.05, 3.63) is 54.0 Å². The topological polar surface area (TPSA) is 62.0 Å². The Morgan fingerprint density at radius 3 is 2.48 bits per heavy atom. The lowest BCUT2D eigenvalue weighted by molar-refractivity contribution is 0.105. The Morgan fingerprint density at radius 1 is 1.11 bits per heavy atom. The Kier molecular flexibility index (Phi) is 11.6. The third-order valence-corrected chi connectivity index (χ3v) is 3.96. The first kappa shape index (κ1) is 23.3. The predicted octanol–water partition coefficient (Wildman–Crippen LogP) is 3.28. The van der Waals surface area contributed by atoms with Crippen LogP contribution < -0.4 is 15.5 Å². The van der Waals surface area contributed by atoms with Gasteiger partial charge >= 0.3 is 0 Å². The second-order valence-corrected chi connectivity index (χ2v) is 6.22. The number of guanidine groups is 1. The highest BCUT2D eigenvalue weighted by Crippen LogP contribution is 2.12. The van der Waals surface area contributed by atoms with Crippen LogP contribution >= 0.6 is 24.0 Å². The molecule has 0 aliphatic heterocycles. The van der Waals surface area contributed by atoms with Crippen molar-refractivity contribution >= 4 is 35.6 Å². The first-order valence-electron chi connectivity index (χ1n) is 9.00. The lowest BCUT2D eigenvalue weighted by Gasteiger charge is -2.14. The lowest BCUT2D eigenvalue weighted by atomic mass is 10.1. The maximum absolute atomic E-state index is 5.56. The Balaban J connectivity index is 0.00000364. The van der Waals surface area contributed by atoms with Gasteiger partial charge < -0.3 is 24.7 Å². The van der Waals surface area contributed by atoms with Gasteiger partial charge in [0.1, 0.15) is 12.4 Å². The molecule has 2 rings (SSSR count). The fraction of sp³-hybridized carbons (Fsp3) is 0.450. The van der Waals surface area contributed by atoms with E-state index >= 15 is 0 Å². The maximum atomic E-state index is 5.56. The summed E-state index contributed by atoms with van der Waals surface area (Å²) in [5, 5.41) is 6.64. The first-order chi connectivity index (χ1) is 12.7. The number of nitrogens with one attached hydrogen (secondary N) is 2. The molecule has 0 radical (unpaired) electrons. The summed E-state index contributed by atoms with van der Waals surface area (Å²) >= 11 is 0. The molecule has 0 fully saturated rings. The minimum atomic E-state index is 0. The number of furan rings is 1. The Morgan fingerprint density at radius 2 is 1.85 bits per heavy atom. The standard InChI is InChI=1S/C20H30N4O2.HI/c1-21-20(22-12-5-14-25-16-19-6-4-15-26-19)23-13-11-17-7-9-18(10-8-17)24(2)3;/h4,6-10,15H,5,11-14,16H2,1-3H3,(H2,21,22,23);1H. The normalized spacial score (nSPS) is 11.0. The summed E-state index contributed by atoms with van der Waals surface area (Å²) in [7, 11) is 5.89. The van der Waals surface area contributed by atoms with Gasteiger partial charge in [0.15, 0.2) is 5.96 Å². The van der Waals surface area contributed by atoms with Crippen molar-refractivity contribution in [2.45, 2.75) is 19.4 Å². The molecule has 0 saturated heterocycles. The Bertz CT molecular complexity index is 643. The smallest absolute Gasteiger partial charge is 0.190 e. The first-order valence-corrected chi connectivity index (χ1v) is 9.00. The summed E-state index contributed by atoms with van der Waals surface area (Å²) in [5.41, 5.74) is 2.53. The van der Waals surface area contributed by atoms with Gasteiger partial charge in [-0.15, -0.1) is 24.0 Å². The van der Waals surface area contributed by atoms with Gasteiger partial charge in [0.25, 0.3) is 0 Å². The van der Waals surface area contributed by atoms with Crippen LogP contribution in [0.15, 0.2) is 52.1 Å². The fourth-order valence-electron chi connectivity index (χ4n) is 2.46. The van der Waals surface area contributed by atoms with E-state index in [0.29, 0.717) is 13.2 Å². The van der Waals surface area contributed by atoms with Gasteiger partial charge in [-0.2, -0.15) is 0 Å². The van der Waals surface area contributed by atoms with Gasteiger partial charge in [0, 0.05) is 46.5 Å². The number of benzene rings is 1. The molecular formula is C20H31IN4O2. The number of ether oxygens (including phenoxy) is 1. The van der Waals surface area contributed by atoms with Crippen molar-refractivity contribution in [3.8, 4) is 0 Å². The highest BCUT2D eigenvalue weighted by Gasteiger charge is 2.00.